The first-order chi connectivity index (χ1) is 15.7. The van der Waals surface area contributed by atoms with Crippen LogP contribution in [-0.2, 0) is 9.59 Å². The Morgan fingerprint density at radius 3 is 2.52 bits per heavy atom. The summed E-state index contributed by atoms with van der Waals surface area (Å²) < 4.78 is 15.4. The van der Waals surface area contributed by atoms with E-state index in [-0.39, 0.29) is 11.3 Å². The van der Waals surface area contributed by atoms with Crippen molar-refractivity contribution in [3.63, 3.8) is 0 Å². The van der Waals surface area contributed by atoms with Crippen LogP contribution in [0.25, 0.3) is 11.4 Å². The fourth-order valence-electron chi connectivity index (χ4n) is 4.39. The lowest BCUT2D eigenvalue weighted by molar-refractivity contribution is -0.139. The summed E-state index contributed by atoms with van der Waals surface area (Å²) in [4.78, 5) is 34.2. The molecule has 1 N–H and O–H groups in total. The minimum atomic E-state index is -0.817. The molecule has 1 aromatic carbocycles. The summed E-state index contributed by atoms with van der Waals surface area (Å²) in [5.74, 6) is -2.13. The van der Waals surface area contributed by atoms with Crippen LogP contribution in [0.3, 0.4) is 0 Å². The Balaban J connectivity index is 1.89. The lowest BCUT2D eigenvalue weighted by atomic mass is 9.96. The summed E-state index contributed by atoms with van der Waals surface area (Å²) in [5, 5.41) is 11.4. The fourth-order valence-corrected chi connectivity index (χ4v) is 4.39. The first kappa shape index (κ1) is 22.7. The third-order valence-electron chi connectivity index (χ3n) is 5.97. The van der Waals surface area contributed by atoms with Gasteiger partial charge < -0.3 is 14.9 Å². The maximum atomic E-state index is 13.6. The lowest BCUT2D eigenvalue weighted by Crippen LogP contribution is -2.32. The first-order valence-corrected chi connectivity index (χ1v) is 10.8. The number of nitrogens with zero attached hydrogens (tertiary/aromatic N) is 4. The SMILES string of the molecule is Cc1nc2c(C)cccn2c1/C(O)=C1\C(=O)C(=O)N(CCCN(C)C)C1c1ccc(F)cc1. The van der Waals surface area contributed by atoms with Gasteiger partial charge in [0.1, 0.15) is 17.2 Å². The van der Waals surface area contributed by atoms with Gasteiger partial charge in [-0.25, -0.2) is 9.37 Å². The molecule has 4 rings (SSSR count). The van der Waals surface area contributed by atoms with E-state index < -0.39 is 23.5 Å². The average Bonchev–Trinajstić information content (AvgIpc) is 3.23. The number of pyridine rings is 1. The number of likely N-dealkylation sites (tertiary alicyclic amines) is 1. The van der Waals surface area contributed by atoms with Crippen LogP contribution in [0.5, 0.6) is 0 Å². The number of Topliss-reactive ketones (excluding diaryl/α,β-unsaturated/α-hetero) is 1. The quantitative estimate of drug-likeness (QED) is 0.354. The van der Waals surface area contributed by atoms with Crippen LogP contribution >= 0.6 is 0 Å². The van der Waals surface area contributed by atoms with Gasteiger partial charge in [0, 0.05) is 12.7 Å². The molecule has 1 saturated heterocycles. The van der Waals surface area contributed by atoms with E-state index in [1.165, 1.54) is 17.0 Å². The van der Waals surface area contributed by atoms with E-state index >= 15 is 0 Å². The molecule has 2 aromatic heterocycles. The van der Waals surface area contributed by atoms with E-state index in [2.05, 4.69) is 4.98 Å². The van der Waals surface area contributed by atoms with Crippen molar-refractivity contribution >= 4 is 23.1 Å². The van der Waals surface area contributed by atoms with E-state index in [4.69, 9.17) is 0 Å². The molecule has 1 aliphatic rings. The Labute approximate surface area is 191 Å². The number of ketones is 1. The number of carbonyl (C=O) groups is 2. The molecule has 1 amide bonds. The summed E-state index contributed by atoms with van der Waals surface area (Å²) in [7, 11) is 3.86. The van der Waals surface area contributed by atoms with E-state index in [0.717, 1.165) is 12.1 Å². The Morgan fingerprint density at radius 1 is 1.15 bits per heavy atom. The van der Waals surface area contributed by atoms with Gasteiger partial charge in [-0.15, -0.1) is 0 Å². The number of carbonyl (C=O) groups excluding carboxylic acids is 2. The van der Waals surface area contributed by atoms with Gasteiger partial charge in [0.15, 0.2) is 5.76 Å². The van der Waals surface area contributed by atoms with Crippen LogP contribution < -0.4 is 0 Å². The summed E-state index contributed by atoms with van der Waals surface area (Å²) in [6.07, 6.45) is 2.41. The predicted molar refractivity (Wildman–Crippen MR) is 123 cm³/mol. The molecule has 0 saturated carbocycles. The van der Waals surface area contributed by atoms with Gasteiger partial charge in [-0.2, -0.15) is 0 Å². The van der Waals surface area contributed by atoms with Crippen molar-refractivity contribution in [3.8, 4) is 0 Å². The van der Waals surface area contributed by atoms with Gasteiger partial charge in [0.2, 0.25) is 0 Å². The molecule has 1 aliphatic heterocycles. The molecule has 8 heteroatoms. The number of aryl methyl sites for hydroxylation is 2. The number of rotatable bonds is 6. The molecule has 3 aromatic rings. The molecule has 1 atom stereocenters. The van der Waals surface area contributed by atoms with Crippen LogP contribution in [0.2, 0.25) is 0 Å². The summed E-state index contributed by atoms with van der Waals surface area (Å²) in [6.45, 7) is 4.72. The highest BCUT2D eigenvalue weighted by Gasteiger charge is 2.46. The van der Waals surface area contributed by atoms with Gasteiger partial charge in [-0.05, 0) is 70.2 Å². The second kappa shape index (κ2) is 8.78. The molecule has 1 unspecified atom stereocenters. The molecule has 0 spiro atoms. The number of aromatic nitrogens is 2. The minimum Gasteiger partial charge on any atom is -0.505 e. The zero-order chi connectivity index (χ0) is 23.9. The Hall–Kier alpha value is -3.52. The smallest absolute Gasteiger partial charge is 0.295 e. The second-order valence-electron chi connectivity index (χ2n) is 8.63. The van der Waals surface area contributed by atoms with E-state index in [1.54, 1.807) is 29.7 Å². The van der Waals surface area contributed by atoms with Crippen molar-refractivity contribution in [1.29, 1.82) is 0 Å². The standard InChI is InChI=1S/C25H27FN4O3/c1-15-7-5-13-29-20(16(2)27-24(15)29)22(31)19-21(17-8-10-18(26)11-9-17)30(25(33)23(19)32)14-6-12-28(3)4/h5,7-11,13,21,31H,6,12,14H2,1-4H3/b22-19+. The van der Waals surface area contributed by atoms with Crippen molar-refractivity contribution in [1.82, 2.24) is 19.2 Å². The Morgan fingerprint density at radius 2 is 1.85 bits per heavy atom. The zero-order valence-electron chi connectivity index (χ0n) is 19.2. The Bertz CT molecular complexity index is 1260. The summed E-state index contributed by atoms with van der Waals surface area (Å²) >= 11 is 0. The maximum Gasteiger partial charge on any atom is 0.295 e. The van der Waals surface area contributed by atoms with Crippen molar-refractivity contribution in [2.75, 3.05) is 27.2 Å². The van der Waals surface area contributed by atoms with E-state index in [0.29, 0.717) is 35.6 Å². The summed E-state index contributed by atoms with van der Waals surface area (Å²) in [6, 6.07) is 8.59. The number of fused-ring (bicyclic) bond motifs is 1. The number of benzene rings is 1. The molecule has 7 nitrogen and oxygen atoms in total. The van der Waals surface area contributed by atoms with Crippen molar-refractivity contribution in [3.05, 3.63) is 76.5 Å². The van der Waals surface area contributed by atoms with Gasteiger partial charge in [-0.3, -0.25) is 14.0 Å². The number of aliphatic hydroxyl groups excluding tert-OH is 1. The number of halogens is 1. The minimum absolute atomic E-state index is 0.0112. The highest BCUT2D eigenvalue weighted by Crippen LogP contribution is 2.40. The van der Waals surface area contributed by atoms with E-state index in [9.17, 15) is 19.1 Å². The second-order valence-corrected chi connectivity index (χ2v) is 8.63. The highest BCUT2D eigenvalue weighted by molar-refractivity contribution is 6.46. The molecule has 0 radical (unpaired) electrons. The van der Waals surface area contributed by atoms with E-state index in [1.807, 2.05) is 38.1 Å². The molecular formula is C25H27FN4O3. The molecule has 33 heavy (non-hydrogen) atoms. The third kappa shape index (κ3) is 4.02. The molecule has 0 aliphatic carbocycles. The van der Waals surface area contributed by atoms with Crippen molar-refractivity contribution in [2.45, 2.75) is 26.3 Å². The van der Waals surface area contributed by atoms with Crippen molar-refractivity contribution in [2.24, 2.45) is 0 Å². The van der Waals surface area contributed by atoms with Crippen LogP contribution in [0, 0.1) is 19.7 Å². The third-order valence-corrected chi connectivity index (χ3v) is 5.97. The van der Waals surface area contributed by atoms with Crippen LogP contribution in [0.4, 0.5) is 4.39 Å². The normalized spacial score (nSPS) is 18.1. The largest absolute Gasteiger partial charge is 0.505 e. The topological polar surface area (TPSA) is 78.1 Å². The molecule has 1 fully saturated rings. The number of imidazole rings is 1. The van der Waals surface area contributed by atoms with Crippen LogP contribution in [0.15, 0.2) is 48.2 Å². The maximum absolute atomic E-state index is 13.6. The van der Waals surface area contributed by atoms with Gasteiger partial charge in [-0.1, -0.05) is 18.2 Å². The van der Waals surface area contributed by atoms with Gasteiger partial charge >= 0.3 is 0 Å². The van der Waals surface area contributed by atoms with Crippen molar-refractivity contribution < 1.29 is 19.1 Å². The van der Waals surface area contributed by atoms with Crippen LogP contribution in [-0.4, -0.2) is 63.2 Å². The van der Waals surface area contributed by atoms with Crippen LogP contribution in [0.1, 0.15) is 35.0 Å². The molecule has 0 bridgehead atoms. The average molecular weight is 451 g/mol. The number of hydrogen-bond acceptors (Lipinski definition) is 5. The predicted octanol–water partition coefficient (Wildman–Crippen LogP) is 3.46. The highest BCUT2D eigenvalue weighted by atomic mass is 19.1. The van der Waals surface area contributed by atoms with Gasteiger partial charge in [0.25, 0.3) is 11.7 Å². The molecular weight excluding hydrogens is 423 g/mol. The number of hydrogen-bond donors (Lipinski definition) is 1. The fraction of sp³-hybridized carbons (Fsp3) is 0.320. The molecule has 172 valence electrons. The molecule has 3 heterocycles. The summed E-state index contributed by atoms with van der Waals surface area (Å²) in [5.41, 5.74) is 3.03. The monoisotopic (exact) mass is 450 g/mol. The Kier molecular flexibility index (Phi) is 6.03. The zero-order valence-corrected chi connectivity index (χ0v) is 19.2. The van der Waals surface area contributed by atoms with Gasteiger partial charge in [0.05, 0.1) is 17.3 Å². The number of amides is 1. The number of aliphatic hydroxyl groups is 1. The first-order valence-electron chi connectivity index (χ1n) is 10.8. The lowest BCUT2D eigenvalue weighted by Gasteiger charge is -2.26.